The molecule has 1 aliphatic heterocycles. The molecule has 1 aliphatic rings. The number of carbonyl (C=O) groups excluding carboxylic acids is 2. The van der Waals surface area contributed by atoms with Crippen molar-refractivity contribution in [2.75, 3.05) is 18.5 Å². The van der Waals surface area contributed by atoms with Gasteiger partial charge in [0.05, 0.1) is 17.2 Å². The lowest BCUT2D eigenvalue weighted by atomic mass is 10.2. The summed E-state index contributed by atoms with van der Waals surface area (Å²) in [4.78, 5) is 26.6. The van der Waals surface area contributed by atoms with E-state index in [-0.39, 0.29) is 23.9 Å². The summed E-state index contributed by atoms with van der Waals surface area (Å²) in [6, 6.07) is 13.7. The minimum atomic E-state index is -0.444. The van der Waals surface area contributed by atoms with E-state index in [1.807, 2.05) is 31.2 Å². The van der Waals surface area contributed by atoms with Crippen LogP contribution in [0.5, 0.6) is 11.5 Å². The van der Waals surface area contributed by atoms with E-state index in [0.29, 0.717) is 15.8 Å². The van der Waals surface area contributed by atoms with Crippen molar-refractivity contribution in [3.05, 3.63) is 59.0 Å². The van der Waals surface area contributed by atoms with Crippen LogP contribution in [-0.4, -0.2) is 39.3 Å². The second-order valence-corrected chi connectivity index (χ2v) is 7.51. The van der Waals surface area contributed by atoms with Crippen LogP contribution in [0.1, 0.15) is 12.5 Å². The third-order valence-electron chi connectivity index (χ3n) is 3.84. The molecule has 0 unspecified atom stereocenters. The van der Waals surface area contributed by atoms with E-state index in [4.69, 9.17) is 17.0 Å². The van der Waals surface area contributed by atoms with Crippen molar-refractivity contribution < 1.29 is 19.4 Å². The van der Waals surface area contributed by atoms with Gasteiger partial charge >= 0.3 is 0 Å². The summed E-state index contributed by atoms with van der Waals surface area (Å²) in [5, 5.41) is 12.3. The largest absolute Gasteiger partial charge is 0.506 e. The van der Waals surface area contributed by atoms with Crippen LogP contribution < -0.4 is 10.1 Å². The molecule has 1 fully saturated rings. The Balaban J connectivity index is 1.67. The molecule has 6 nitrogen and oxygen atoms in total. The minimum absolute atomic E-state index is 0.0448. The molecular weight excluding hydrogens is 396 g/mol. The molecule has 2 N–H and O–H groups in total. The predicted molar refractivity (Wildman–Crippen MR) is 114 cm³/mol. The molecule has 3 rings (SSSR count). The van der Waals surface area contributed by atoms with Crippen molar-refractivity contribution in [3.8, 4) is 11.5 Å². The van der Waals surface area contributed by atoms with Crippen LogP contribution in [0.15, 0.2) is 53.4 Å². The monoisotopic (exact) mass is 414 g/mol. The third kappa shape index (κ3) is 4.71. The molecule has 0 aromatic heterocycles. The topological polar surface area (TPSA) is 78.9 Å². The van der Waals surface area contributed by atoms with E-state index in [9.17, 15) is 14.7 Å². The van der Waals surface area contributed by atoms with Gasteiger partial charge < -0.3 is 15.2 Å². The Kier molecular flexibility index (Phi) is 6.33. The van der Waals surface area contributed by atoms with Crippen LogP contribution in [0.4, 0.5) is 5.69 Å². The van der Waals surface area contributed by atoms with Gasteiger partial charge in [0, 0.05) is 0 Å². The highest BCUT2D eigenvalue weighted by Gasteiger charge is 2.33. The Morgan fingerprint density at radius 2 is 1.96 bits per heavy atom. The van der Waals surface area contributed by atoms with Crippen molar-refractivity contribution in [3.63, 3.8) is 0 Å². The van der Waals surface area contributed by atoms with Crippen LogP contribution >= 0.6 is 24.0 Å². The molecule has 1 heterocycles. The standard InChI is InChI=1S/C20H18N2O4S2/c1-2-26-14-9-7-13(8-10-14)11-17-19(25)22(20(27)28-17)12-18(24)21-15-5-3-4-6-16(15)23/h3-11,23H,2,12H2,1H3,(H,21,24). The minimum Gasteiger partial charge on any atom is -0.506 e. The Morgan fingerprint density at radius 3 is 2.64 bits per heavy atom. The van der Waals surface area contributed by atoms with Crippen LogP contribution in [0.2, 0.25) is 0 Å². The van der Waals surface area contributed by atoms with Crippen LogP contribution in [0.3, 0.4) is 0 Å². The first-order valence-corrected chi connectivity index (χ1v) is 9.76. The third-order valence-corrected chi connectivity index (χ3v) is 5.22. The normalized spacial score (nSPS) is 15.2. The average Bonchev–Trinajstić information content (AvgIpc) is 2.93. The number of rotatable bonds is 6. The summed E-state index contributed by atoms with van der Waals surface area (Å²) >= 11 is 6.40. The lowest BCUT2D eigenvalue weighted by molar-refractivity contribution is -0.126. The molecule has 0 radical (unpaired) electrons. The Morgan fingerprint density at radius 1 is 1.25 bits per heavy atom. The van der Waals surface area contributed by atoms with E-state index < -0.39 is 5.91 Å². The van der Waals surface area contributed by atoms with E-state index in [0.717, 1.165) is 23.1 Å². The Hall–Kier alpha value is -2.84. The van der Waals surface area contributed by atoms with Crippen molar-refractivity contribution in [2.45, 2.75) is 6.92 Å². The second-order valence-electron chi connectivity index (χ2n) is 5.84. The first-order chi connectivity index (χ1) is 13.5. The van der Waals surface area contributed by atoms with Crippen molar-refractivity contribution in [2.24, 2.45) is 0 Å². The Labute approximate surface area is 172 Å². The van der Waals surface area contributed by atoms with Crippen molar-refractivity contribution in [1.82, 2.24) is 4.90 Å². The summed E-state index contributed by atoms with van der Waals surface area (Å²) in [5.74, 6) is -0.0545. The molecule has 2 aromatic carbocycles. The van der Waals surface area contributed by atoms with Gasteiger partial charge in [0.25, 0.3) is 5.91 Å². The number of aromatic hydroxyl groups is 1. The lowest BCUT2D eigenvalue weighted by Crippen LogP contribution is -2.36. The number of hydrogen-bond donors (Lipinski definition) is 2. The first-order valence-electron chi connectivity index (χ1n) is 8.54. The van der Waals surface area contributed by atoms with E-state index >= 15 is 0 Å². The number of hydrogen-bond acceptors (Lipinski definition) is 6. The number of phenolic OH excluding ortho intramolecular Hbond substituents is 1. The van der Waals surface area contributed by atoms with E-state index in [1.54, 1.807) is 24.3 Å². The van der Waals surface area contributed by atoms with Gasteiger partial charge in [0.15, 0.2) is 0 Å². The van der Waals surface area contributed by atoms with Gasteiger partial charge in [-0.2, -0.15) is 0 Å². The fourth-order valence-electron chi connectivity index (χ4n) is 2.53. The zero-order valence-electron chi connectivity index (χ0n) is 15.0. The molecular formula is C20H18N2O4S2. The van der Waals surface area contributed by atoms with Crippen LogP contribution in [0.25, 0.3) is 6.08 Å². The molecule has 1 saturated heterocycles. The molecule has 0 aliphatic carbocycles. The number of benzene rings is 2. The van der Waals surface area contributed by atoms with Crippen molar-refractivity contribution >= 4 is 51.9 Å². The second kappa shape index (κ2) is 8.90. The Bertz CT molecular complexity index is 941. The molecule has 8 heteroatoms. The number of nitrogens with zero attached hydrogens (tertiary/aromatic N) is 1. The fourth-order valence-corrected chi connectivity index (χ4v) is 3.78. The number of anilines is 1. The van der Waals surface area contributed by atoms with Gasteiger partial charge in [-0.05, 0) is 42.8 Å². The quantitative estimate of drug-likeness (QED) is 0.427. The summed E-state index contributed by atoms with van der Waals surface area (Å²) < 4.78 is 5.72. The zero-order chi connectivity index (χ0) is 20.1. The highest BCUT2D eigenvalue weighted by atomic mass is 32.2. The number of thioether (sulfide) groups is 1. The molecule has 144 valence electrons. The fraction of sp³-hybridized carbons (Fsp3) is 0.150. The van der Waals surface area contributed by atoms with E-state index in [1.165, 1.54) is 11.0 Å². The number of ether oxygens (including phenoxy) is 1. The summed E-state index contributed by atoms with van der Waals surface area (Å²) in [6.07, 6.45) is 1.73. The SMILES string of the molecule is CCOc1ccc(C=C2SC(=S)N(CC(=O)Nc3ccccc3O)C2=O)cc1. The summed E-state index contributed by atoms with van der Waals surface area (Å²) in [7, 11) is 0. The number of amides is 2. The highest BCUT2D eigenvalue weighted by molar-refractivity contribution is 8.26. The molecule has 0 atom stereocenters. The first kappa shape index (κ1) is 19.9. The molecule has 0 spiro atoms. The average molecular weight is 415 g/mol. The molecule has 0 bridgehead atoms. The molecule has 28 heavy (non-hydrogen) atoms. The van der Waals surface area contributed by atoms with Crippen LogP contribution in [-0.2, 0) is 9.59 Å². The molecule has 2 amide bonds. The zero-order valence-corrected chi connectivity index (χ0v) is 16.7. The van der Waals surface area contributed by atoms with Gasteiger partial charge in [-0.25, -0.2) is 0 Å². The maximum Gasteiger partial charge on any atom is 0.266 e. The highest BCUT2D eigenvalue weighted by Crippen LogP contribution is 2.32. The van der Waals surface area contributed by atoms with Gasteiger partial charge in [0.1, 0.15) is 22.4 Å². The maximum absolute atomic E-state index is 12.6. The number of nitrogens with one attached hydrogen (secondary N) is 1. The number of para-hydroxylation sites is 2. The number of thiocarbonyl (C=S) groups is 1. The number of carbonyl (C=O) groups is 2. The smallest absolute Gasteiger partial charge is 0.266 e. The summed E-state index contributed by atoms with van der Waals surface area (Å²) in [6.45, 7) is 2.27. The number of phenols is 1. The van der Waals surface area contributed by atoms with Gasteiger partial charge in [-0.15, -0.1) is 0 Å². The van der Waals surface area contributed by atoms with Gasteiger partial charge in [0.2, 0.25) is 5.91 Å². The summed E-state index contributed by atoms with van der Waals surface area (Å²) in [5.41, 5.74) is 1.12. The predicted octanol–water partition coefficient (Wildman–Crippen LogP) is 3.63. The van der Waals surface area contributed by atoms with Gasteiger partial charge in [-0.3, -0.25) is 14.5 Å². The van der Waals surface area contributed by atoms with Gasteiger partial charge in [-0.1, -0.05) is 48.2 Å². The van der Waals surface area contributed by atoms with Crippen molar-refractivity contribution in [1.29, 1.82) is 0 Å². The molecule has 2 aromatic rings. The lowest BCUT2D eigenvalue weighted by Gasteiger charge is -2.14. The van der Waals surface area contributed by atoms with Crippen LogP contribution in [0, 0.1) is 0 Å². The van der Waals surface area contributed by atoms with E-state index in [2.05, 4.69) is 5.32 Å². The maximum atomic E-state index is 12.6. The molecule has 0 saturated carbocycles.